The van der Waals surface area contributed by atoms with E-state index >= 15 is 0 Å². The quantitative estimate of drug-likeness (QED) is 0.402. The Hall–Kier alpha value is -4.02. The molecule has 9 nitrogen and oxygen atoms in total. The smallest absolute Gasteiger partial charge is 0.255 e. The molecule has 33 heavy (non-hydrogen) atoms. The lowest BCUT2D eigenvalue weighted by Gasteiger charge is -2.15. The monoisotopic (exact) mass is 462 g/mol. The third-order valence-corrected chi connectivity index (χ3v) is 5.95. The molecule has 0 aliphatic carbocycles. The number of hydrogen-bond donors (Lipinski definition) is 3. The topological polar surface area (TPSA) is 132 Å². The fourth-order valence-corrected chi connectivity index (χ4v) is 3.73. The van der Waals surface area contributed by atoms with E-state index in [4.69, 9.17) is 5.14 Å². The van der Waals surface area contributed by atoms with Gasteiger partial charge in [0.15, 0.2) is 5.82 Å². The van der Waals surface area contributed by atoms with Crippen LogP contribution < -0.4 is 15.8 Å². The number of rotatable bonds is 6. The van der Waals surface area contributed by atoms with E-state index in [9.17, 15) is 13.2 Å². The van der Waals surface area contributed by atoms with Gasteiger partial charge in [0.1, 0.15) is 0 Å². The average Bonchev–Trinajstić information content (AvgIpc) is 3.22. The fourth-order valence-electron chi connectivity index (χ4n) is 3.22. The van der Waals surface area contributed by atoms with Gasteiger partial charge in [0.2, 0.25) is 10.0 Å². The molecule has 0 bridgehead atoms. The maximum absolute atomic E-state index is 12.9. The number of carbonyl (C=O) groups is 1. The summed E-state index contributed by atoms with van der Waals surface area (Å²) in [5, 5.41) is 15.5. The Labute approximate surface area is 191 Å². The zero-order valence-electron chi connectivity index (χ0n) is 18.0. The van der Waals surface area contributed by atoms with Crippen molar-refractivity contribution in [3.8, 4) is 11.1 Å². The number of primary sulfonamides is 1. The van der Waals surface area contributed by atoms with Crippen LogP contribution in [-0.2, 0) is 17.1 Å². The molecule has 1 amide bonds. The van der Waals surface area contributed by atoms with Crippen LogP contribution >= 0.6 is 0 Å². The number of aryl methyl sites for hydroxylation is 2. The highest BCUT2D eigenvalue weighted by atomic mass is 32.2. The molecule has 0 unspecified atom stereocenters. The van der Waals surface area contributed by atoms with Gasteiger partial charge < -0.3 is 10.6 Å². The first-order valence-corrected chi connectivity index (χ1v) is 11.5. The number of nitrogens with two attached hydrogens (primary N) is 1. The van der Waals surface area contributed by atoms with Crippen molar-refractivity contribution in [2.45, 2.75) is 11.8 Å². The van der Waals surface area contributed by atoms with Crippen LogP contribution in [0.4, 0.5) is 17.2 Å². The van der Waals surface area contributed by atoms with E-state index in [2.05, 4.69) is 20.7 Å². The normalized spacial score (nSPS) is 11.2. The molecular weight excluding hydrogens is 440 g/mol. The minimum absolute atomic E-state index is 0.0683. The Bertz CT molecular complexity index is 1430. The standard InChI is InChI=1S/C23H22N6O3S/c1-15-5-3-4-6-20(15)27-22-21(11-17(12-25-22)18-13-26-29(2)14-18)28-23(30)16-7-9-19(10-8-16)33(24,31)32/h3-14H,1-2H3,(H,25,27)(H,28,30)(H2,24,31,32). The third kappa shape index (κ3) is 5.08. The summed E-state index contributed by atoms with van der Waals surface area (Å²) < 4.78 is 24.6. The van der Waals surface area contributed by atoms with Crippen molar-refractivity contribution < 1.29 is 13.2 Å². The summed E-state index contributed by atoms with van der Waals surface area (Å²) in [6.07, 6.45) is 5.26. The predicted molar refractivity (Wildman–Crippen MR) is 127 cm³/mol. The second-order valence-corrected chi connectivity index (χ2v) is 9.05. The van der Waals surface area contributed by atoms with Crippen LogP contribution in [0, 0.1) is 6.92 Å². The molecule has 0 aliphatic rings. The number of carbonyl (C=O) groups excluding carboxylic acids is 1. The minimum Gasteiger partial charge on any atom is -0.338 e. The van der Waals surface area contributed by atoms with E-state index in [-0.39, 0.29) is 10.5 Å². The van der Waals surface area contributed by atoms with Gasteiger partial charge in [-0.3, -0.25) is 9.48 Å². The molecule has 4 aromatic rings. The SMILES string of the molecule is Cc1ccccc1Nc1ncc(-c2cnn(C)c2)cc1NC(=O)c1ccc(S(N)(=O)=O)cc1. The van der Waals surface area contributed by atoms with Gasteiger partial charge in [-0.15, -0.1) is 0 Å². The van der Waals surface area contributed by atoms with E-state index in [0.29, 0.717) is 11.5 Å². The largest absolute Gasteiger partial charge is 0.338 e. The zero-order chi connectivity index (χ0) is 23.6. The van der Waals surface area contributed by atoms with Gasteiger partial charge in [0.25, 0.3) is 5.91 Å². The molecule has 0 spiro atoms. The molecule has 0 radical (unpaired) electrons. The van der Waals surface area contributed by atoms with Crippen LogP contribution in [0.25, 0.3) is 11.1 Å². The average molecular weight is 463 g/mol. The van der Waals surface area contributed by atoms with E-state index in [1.54, 1.807) is 23.1 Å². The van der Waals surface area contributed by atoms with Crippen molar-refractivity contribution in [1.29, 1.82) is 0 Å². The summed E-state index contributed by atoms with van der Waals surface area (Å²) in [4.78, 5) is 17.4. The molecule has 4 rings (SSSR count). The number of amides is 1. The van der Waals surface area contributed by atoms with E-state index in [1.165, 1.54) is 24.3 Å². The molecule has 0 fully saturated rings. The number of sulfonamides is 1. The molecule has 4 N–H and O–H groups in total. The maximum atomic E-state index is 12.9. The van der Waals surface area contributed by atoms with Gasteiger partial charge in [-0.1, -0.05) is 18.2 Å². The lowest BCUT2D eigenvalue weighted by Crippen LogP contribution is -2.15. The third-order valence-electron chi connectivity index (χ3n) is 5.02. The Morgan fingerprint density at radius 2 is 1.73 bits per heavy atom. The molecule has 0 aliphatic heterocycles. The van der Waals surface area contributed by atoms with Crippen LogP contribution in [0.15, 0.2) is 78.1 Å². The van der Waals surface area contributed by atoms with Gasteiger partial charge >= 0.3 is 0 Å². The van der Waals surface area contributed by atoms with Crippen LogP contribution in [0.3, 0.4) is 0 Å². The summed E-state index contributed by atoms with van der Waals surface area (Å²) >= 11 is 0. The van der Waals surface area contributed by atoms with Gasteiger partial charge in [0.05, 0.1) is 16.8 Å². The van der Waals surface area contributed by atoms with Crippen molar-refractivity contribution in [3.63, 3.8) is 0 Å². The minimum atomic E-state index is -3.84. The first-order valence-electron chi connectivity index (χ1n) is 9.96. The fraction of sp³-hybridized carbons (Fsp3) is 0.0870. The molecule has 0 atom stereocenters. The Kier molecular flexibility index (Phi) is 5.95. The molecule has 2 aromatic heterocycles. The van der Waals surface area contributed by atoms with Crippen molar-refractivity contribution >= 4 is 33.1 Å². The first kappa shape index (κ1) is 22.2. The molecular formula is C23H22N6O3S. The highest BCUT2D eigenvalue weighted by Crippen LogP contribution is 2.30. The summed E-state index contributed by atoms with van der Waals surface area (Å²) in [5.41, 5.74) is 4.23. The van der Waals surface area contributed by atoms with Crippen LogP contribution in [0.1, 0.15) is 15.9 Å². The molecule has 2 aromatic carbocycles. The number of hydrogen-bond acceptors (Lipinski definition) is 6. The molecule has 0 saturated heterocycles. The molecule has 2 heterocycles. The highest BCUT2D eigenvalue weighted by molar-refractivity contribution is 7.89. The highest BCUT2D eigenvalue weighted by Gasteiger charge is 2.15. The maximum Gasteiger partial charge on any atom is 0.255 e. The lowest BCUT2D eigenvalue weighted by molar-refractivity contribution is 0.102. The van der Waals surface area contributed by atoms with Gasteiger partial charge in [-0.25, -0.2) is 18.5 Å². The van der Waals surface area contributed by atoms with Crippen LogP contribution in [0.2, 0.25) is 0 Å². The number of nitrogens with zero attached hydrogens (tertiary/aromatic N) is 3. The van der Waals surface area contributed by atoms with Crippen molar-refractivity contribution in [3.05, 3.63) is 84.3 Å². The predicted octanol–water partition coefficient (Wildman–Crippen LogP) is 3.43. The van der Waals surface area contributed by atoms with Gasteiger partial charge in [0, 0.05) is 41.8 Å². The van der Waals surface area contributed by atoms with E-state index in [1.807, 2.05) is 44.4 Å². The summed E-state index contributed by atoms with van der Waals surface area (Å²) in [7, 11) is -2.03. The molecule has 168 valence electrons. The van der Waals surface area contributed by atoms with Crippen LogP contribution in [0.5, 0.6) is 0 Å². The lowest BCUT2D eigenvalue weighted by atomic mass is 10.1. The number of pyridine rings is 1. The number of para-hydroxylation sites is 1. The second kappa shape index (κ2) is 8.85. The number of anilines is 3. The Morgan fingerprint density at radius 3 is 2.36 bits per heavy atom. The van der Waals surface area contributed by atoms with Crippen molar-refractivity contribution in [2.75, 3.05) is 10.6 Å². The van der Waals surface area contributed by atoms with Gasteiger partial charge in [-0.05, 0) is 48.9 Å². The zero-order valence-corrected chi connectivity index (χ0v) is 18.8. The van der Waals surface area contributed by atoms with Crippen molar-refractivity contribution in [1.82, 2.24) is 14.8 Å². The summed E-state index contributed by atoms with van der Waals surface area (Å²) in [6, 6.07) is 14.9. The van der Waals surface area contributed by atoms with Crippen LogP contribution in [-0.4, -0.2) is 29.1 Å². The number of nitrogens with one attached hydrogen (secondary N) is 2. The number of benzene rings is 2. The molecule has 10 heteroatoms. The number of aromatic nitrogens is 3. The van der Waals surface area contributed by atoms with E-state index < -0.39 is 15.9 Å². The Morgan fingerprint density at radius 1 is 1.00 bits per heavy atom. The Balaban J connectivity index is 1.69. The first-order chi connectivity index (χ1) is 15.7. The van der Waals surface area contributed by atoms with Crippen molar-refractivity contribution in [2.24, 2.45) is 12.2 Å². The molecule has 0 saturated carbocycles. The summed E-state index contributed by atoms with van der Waals surface area (Å²) in [6.45, 7) is 1.97. The van der Waals surface area contributed by atoms with Gasteiger partial charge in [-0.2, -0.15) is 5.10 Å². The summed E-state index contributed by atoms with van der Waals surface area (Å²) in [5.74, 6) is 0.0420. The second-order valence-electron chi connectivity index (χ2n) is 7.49. The van der Waals surface area contributed by atoms with E-state index in [0.717, 1.165) is 22.4 Å².